The molecule has 0 atom stereocenters. The van der Waals surface area contributed by atoms with Gasteiger partial charge in [0, 0.05) is 19.7 Å². The summed E-state index contributed by atoms with van der Waals surface area (Å²) in [5, 5.41) is 11.4. The Morgan fingerprint density at radius 3 is 2.69 bits per heavy atom. The van der Waals surface area contributed by atoms with Crippen LogP contribution in [0.3, 0.4) is 0 Å². The molecule has 0 saturated heterocycles. The standard InChI is InChI=1S/C10H14N2O3S/c1-4-5-11(3)10-8(12(14)15)6-9(16-10)7(2)13/h6H,4-5H2,1-3H3. The maximum atomic E-state index is 11.2. The van der Waals surface area contributed by atoms with E-state index >= 15 is 0 Å². The number of carbonyl (C=O) groups is 1. The minimum Gasteiger partial charge on any atom is -0.361 e. The van der Waals surface area contributed by atoms with Crippen molar-refractivity contribution in [1.29, 1.82) is 0 Å². The molecule has 0 N–H and O–H groups in total. The fourth-order valence-electron chi connectivity index (χ4n) is 1.39. The molecule has 88 valence electrons. The predicted octanol–water partition coefficient (Wildman–Crippen LogP) is 2.71. The lowest BCUT2D eigenvalue weighted by Crippen LogP contribution is -2.17. The third kappa shape index (κ3) is 2.57. The maximum absolute atomic E-state index is 11.2. The number of thiophene rings is 1. The van der Waals surface area contributed by atoms with Crippen LogP contribution in [0.25, 0.3) is 0 Å². The van der Waals surface area contributed by atoms with Crippen molar-refractivity contribution in [1.82, 2.24) is 0 Å². The van der Waals surface area contributed by atoms with E-state index in [1.165, 1.54) is 24.3 Å². The molecule has 1 rings (SSSR count). The molecule has 1 heterocycles. The van der Waals surface area contributed by atoms with E-state index in [-0.39, 0.29) is 11.5 Å². The van der Waals surface area contributed by atoms with E-state index in [4.69, 9.17) is 0 Å². The molecule has 0 aliphatic rings. The Bertz CT molecular complexity index is 414. The first kappa shape index (κ1) is 12.6. The van der Waals surface area contributed by atoms with Crippen LogP contribution in [0, 0.1) is 10.1 Å². The molecule has 5 nitrogen and oxygen atoms in total. The van der Waals surface area contributed by atoms with E-state index in [2.05, 4.69) is 0 Å². The summed E-state index contributed by atoms with van der Waals surface area (Å²) in [6, 6.07) is 1.36. The fraction of sp³-hybridized carbons (Fsp3) is 0.500. The Balaban J connectivity index is 3.14. The molecule has 0 aromatic carbocycles. The number of hydrogen-bond donors (Lipinski definition) is 0. The summed E-state index contributed by atoms with van der Waals surface area (Å²) in [5.41, 5.74) is 0.0196. The topological polar surface area (TPSA) is 63.5 Å². The lowest BCUT2D eigenvalue weighted by Gasteiger charge is -2.14. The molecular weight excluding hydrogens is 228 g/mol. The van der Waals surface area contributed by atoms with E-state index in [0.29, 0.717) is 9.88 Å². The number of Topliss-reactive ketones (excluding diaryl/α,β-unsaturated/α-hetero) is 1. The minimum atomic E-state index is -0.440. The molecule has 0 saturated carbocycles. The first-order valence-corrected chi connectivity index (χ1v) is 5.79. The van der Waals surface area contributed by atoms with Crippen LogP contribution in [0.15, 0.2) is 6.07 Å². The van der Waals surface area contributed by atoms with Crippen molar-refractivity contribution >= 4 is 27.8 Å². The van der Waals surface area contributed by atoms with Gasteiger partial charge >= 0.3 is 5.69 Å². The molecule has 6 heteroatoms. The van der Waals surface area contributed by atoms with E-state index < -0.39 is 4.92 Å². The normalized spacial score (nSPS) is 10.2. The SMILES string of the molecule is CCCN(C)c1sc(C(C)=O)cc1[N+](=O)[O-]. The van der Waals surface area contributed by atoms with Gasteiger partial charge in [0.15, 0.2) is 10.8 Å². The number of nitro groups is 1. The average Bonchev–Trinajstić information content (AvgIpc) is 2.62. The molecular formula is C10H14N2O3S. The molecule has 0 bridgehead atoms. The van der Waals surface area contributed by atoms with Gasteiger partial charge in [0.1, 0.15) is 0 Å². The van der Waals surface area contributed by atoms with Crippen LogP contribution in [0.4, 0.5) is 10.7 Å². The molecule has 0 aliphatic carbocycles. The van der Waals surface area contributed by atoms with Crippen molar-refractivity contribution in [2.45, 2.75) is 20.3 Å². The van der Waals surface area contributed by atoms with Crippen LogP contribution >= 0.6 is 11.3 Å². The van der Waals surface area contributed by atoms with Crippen LogP contribution < -0.4 is 4.90 Å². The van der Waals surface area contributed by atoms with Gasteiger partial charge in [-0.1, -0.05) is 6.92 Å². The van der Waals surface area contributed by atoms with Crippen molar-refractivity contribution < 1.29 is 9.72 Å². The van der Waals surface area contributed by atoms with Crippen molar-refractivity contribution in [2.75, 3.05) is 18.5 Å². The number of rotatable bonds is 5. The molecule has 0 aliphatic heterocycles. The van der Waals surface area contributed by atoms with Gasteiger partial charge in [0.25, 0.3) is 0 Å². The summed E-state index contributed by atoms with van der Waals surface area (Å²) in [5.74, 6) is -0.135. The van der Waals surface area contributed by atoms with Crippen LogP contribution in [0.2, 0.25) is 0 Å². The highest BCUT2D eigenvalue weighted by Crippen LogP contribution is 2.37. The first-order chi connectivity index (χ1) is 7.47. The smallest absolute Gasteiger partial charge is 0.304 e. The Morgan fingerprint density at radius 2 is 2.25 bits per heavy atom. The molecule has 0 spiro atoms. The minimum absolute atomic E-state index is 0.0196. The van der Waals surface area contributed by atoms with E-state index in [1.807, 2.05) is 11.8 Å². The van der Waals surface area contributed by atoms with Gasteiger partial charge in [-0.3, -0.25) is 14.9 Å². The number of ketones is 1. The molecule has 0 unspecified atom stereocenters. The highest BCUT2D eigenvalue weighted by atomic mass is 32.1. The number of nitrogens with zero attached hydrogens (tertiary/aromatic N) is 2. The van der Waals surface area contributed by atoms with E-state index in [1.54, 1.807) is 7.05 Å². The van der Waals surface area contributed by atoms with Gasteiger partial charge in [-0.25, -0.2) is 0 Å². The third-order valence-corrected chi connectivity index (χ3v) is 3.48. The fourth-order valence-corrected chi connectivity index (χ4v) is 2.39. The number of hydrogen-bond acceptors (Lipinski definition) is 5. The largest absolute Gasteiger partial charge is 0.361 e. The molecule has 0 amide bonds. The molecule has 0 radical (unpaired) electrons. The van der Waals surface area contributed by atoms with Gasteiger partial charge in [-0.15, -0.1) is 11.3 Å². The van der Waals surface area contributed by atoms with Crippen LogP contribution in [0.5, 0.6) is 0 Å². The molecule has 1 aromatic rings. The van der Waals surface area contributed by atoms with Crippen LogP contribution in [-0.4, -0.2) is 24.3 Å². The zero-order valence-corrected chi connectivity index (χ0v) is 10.3. The van der Waals surface area contributed by atoms with Crippen LogP contribution in [-0.2, 0) is 0 Å². The molecule has 0 fully saturated rings. The Labute approximate surface area is 97.8 Å². The van der Waals surface area contributed by atoms with E-state index in [0.717, 1.165) is 13.0 Å². The van der Waals surface area contributed by atoms with Gasteiger partial charge < -0.3 is 4.90 Å². The van der Waals surface area contributed by atoms with Crippen molar-refractivity contribution in [3.63, 3.8) is 0 Å². The van der Waals surface area contributed by atoms with Crippen molar-refractivity contribution in [3.8, 4) is 0 Å². The molecule has 1 aromatic heterocycles. The zero-order valence-electron chi connectivity index (χ0n) is 9.52. The highest BCUT2D eigenvalue weighted by Gasteiger charge is 2.23. The van der Waals surface area contributed by atoms with Crippen LogP contribution in [0.1, 0.15) is 29.9 Å². The zero-order chi connectivity index (χ0) is 12.3. The summed E-state index contributed by atoms with van der Waals surface area (Å²) in [4.78, 5) is 23.8. The number of anilines is 1. The second-order valence-electron chi connectivity index (χ2n) is 3.54. The van der Waals surface area contributed by atoms with Gasteiger partial charge in [-0.05, 0) is 13.3 Å². The number of carbonyl (C=O) groups excluding carboxylic acids is 1. The van der Waals surface area contributed by atoms with E-state index in [9.17, 15) is 14.9 Å². The summed E-state index contributed by atoms with van der Waals surface area (Å²) in [7, 11) is 1.80. The summed E-state index contributed by atoms with van der Waals surface area (Å²) >= 11 is 1.18. The Kier molecular flexibility index (Phi) is 4.00. The summed E-state index contributed by atoms with van der Waals surface area (Å²) in [6.45, 7) is 4.15. The molecule has 16 heavy (non-hydrogen) atoms. The average molecular weight is 242 g/mol. The Hall–Kier alpha value is -1.43. The van der Waals surface area contributed by atoms with Gasteiger partial charge in [-0.2, -0.15) is 0 Å². The second-order valence-corrected chi connectivity index (χ2v) is 4.57. The van der Waals surface area contributed by atoms with Gasteiger partial charge in [0.05, 0.1) is 9.80 Å². The predicted molar refractivity (Wildman–Crippen MR) is 64.5 cm³/mol. The monoisotopic (exact) mass is 242 g/mol. The third-order valence-electron chi connectivity index (χ3n) is 2.14. The summed E-state index contributed by atoms with van der Waals surface area (Å²) in [6.07, 6.45) is 0.904. The van der Waals surface area contributed by atoms with Gasteiger partial charge in [0.2, 0.25) is 0 Å². The Morgan fingerprint density at radius 1 is 1.62 bits per heavy atom. The lowest BCUT2D eigenvalue weighted by atomic mass is 10.3. The van der Waals surface area contributed by atoms with Crippen molar-refractivity contribution in [2.24, 2.45) is 0 Å². The lowest BCUT2D eigenvalue weighted by molar-refractivity contribution is -0.383. The maximum Gasteiger partial charge on any atom is 0.304 e. The second kappa shape index (κ2) is 5.07. The summed E-state index contributed by atoms with van der Waals surface area (Å²) < 4.78 is 0. The first-order valence-electron chi connectivity index (χ1n) is 4.97. The highest BCUT2D eigenvalue weighted by molar-refractivity contribution is 7.18. The quantitative estimate of drug-likeness (QED) is 0.452. The van der Waals surface area contributed by atoms with Crippen molar-refractivity contribution in [3.05, 3.63) is 21.1 Å².